The number of nitrogens with zero attached hydrogens (tertiary/aromatic N) is 1. The van der Waals surface area contributed by atoms with Crippen molar-refractivity contribution < 1.29 is 0 Å². The van der Waals surface area contributed by atoms with Crippen LogP contribution in [0.4, 0.5) is 5.82 Å². The lowest BCUT2D eigenvalue weighted by atomic mass is 10.1. The molecule has 0 saturated heterocycles. The summed E-state index contributed by atoms with van der Waals surface area (Å²) in [5.41, 5.74) is 8.95. The molecule has 0 amide bonds. The van der Waals surface area contributed by atoms with Crippen molar-refractivity contribution in [1.82, 2.24) is 4.98 Å². The molecule has 1 heterocycles. The van der Waals surface area contributed by atoms with Gasteiger partial charge in [0, 0.05) is 5.39 Å². The van der Waals surface area contributed by atoms with Crippen LogP contribution in [0.2, 0.25) is 0 Å². The van der Waals surface area contributed by atoms with E-state index in [9.17, 15) is 0 Å². The topological polar surface area (TPSA) is 38.9 Å². The molecule has 1 aromatic carbocycles. The van der Waals surface area contributed by atoms with Crippen molar-refractivity contribution in [3.63, 3.8) is 0 Å². The lowest BCUT2D eigenvalue weighted by molar-refractivity contribution is 1.33. The molecule has 14 heavy (non-hydrogen) atoms. The first kappa shape index (κ1) is 10.8. The highest BCUT2D eigenvalue weighted by molar-refractivity contribution is 5.85. The Morgan fingerprint density at radius 3 is 2.57 bits per heavy atom. The van der Waals surface area contributed by atoms with Gasteiger partial charge in [-0.05, 0) is 37.1 Å². The summed E-state index contributed by atoms with van der Waals surface area (Å²) >= 11 is 0. The van der Waals surface area contributed by atoms with Crippen LogP contribution in [0.25, 0.3) is 10.9 Å². The van der Waals surface area contributed by atoms with Crippen LogP contribution in [-0.4, -0.2) is 4.98 Å². The molecule has 0 atom stereocenters. The summed E-state index contributed by atoms with van der Waals surface area (Å²) in [6.07, 6.45) is 0. The van der Waals surface area contributed by atoms with Gasteiger partial charge in [-0.15, -0.1) is 12.4 Å². The first-order valence-electron chi connectivity index (χ1n) is 4.30. The van der Waals surface area contributed by atoms with E-state index in [2.05, 4.69) is 30.1 Å². The normalized spacial score (nSPS) is 9.86. The van der Waals surface area contributed by atoms with Gasteiger partial charge in [-0.3, -0.25) is 0 Å². The zero-order chi connectivity index (χ0) is 9.42. The third-order valence-corrected chi connectivity index (χ3v) is 2.20. The molecule has 0 unspecified atom stereocenters. The smallest absolute Gasteiger partial charge is 0.127 e. The van der Waals surface area contributed by atoms with Crippen molar-refractivity contribution in [2.75, 3.05) is 5.73 Å². The van der Waals surface area contributed by atoms with Gasteiger partial charge in [0.15, 0.2) is 0 Å². The van der Waals surface area contributed by atoms with Gasteiger partial charge >= 0.3 is 0 Å². The minimum absolute atomic E-state index is 0. The molecule has 1 aromatic heterocycles. The third kappa shape index (κ3) is 1.80. The molecule has 0 saturated carbocycles. The summed E-state index contributed by atoms with van der Waals surface area (Å²) in [5, 5.41) is 1.15. The van der Waals surface area contributed by atoms with Crippen LogP contribution in [0.5, 0.6) is 0 Å². The fraction of sp³-hybridized carbons (Fsp3) is 0.182. The standard InChI is InChI=1S/C11H12N2.ClH/c1-7-3-4-9-6-8(2)11(12)13-10(9)5-7;/h3-6H,1-2H3,(H2,12,13);1H. The number of fused-ring (bicyclic) bond motifs is 1. The number of hydrogen-bond acceptors (Lipinski definition) is 2. The SMILES string of the molecule is Cc1ccc2cc(C)c(N)nc2c1.Cl. The first-order chi connectivity index (χ1) is 6.16. The molecule has 74 valence electrons. The maximum Gasteiger partial charge on any atom is 0.127 e. The number of rotatable bonds is 0. The van der Waals surface area contributed by atoms with Gasteiger partial charge in [0.25, 0.3) is 0 Å². The monoisotopic (exact) mass is 208 g/mol. The number of anilines is 1. The average molecular weight is 209 g/mol. The van der Waals surface area contributed by atoms with Crippen molar-refractivity contribution in [2.45, 2.75) is 13.8 Å². The van der Waals surface area contributed by atoms with Gasteiger partial charge in [-0.2, -0.15) is 0 Å². The first-order valence-corrected chi connectivity index (χ1v) is 4.30. The van der Waals surface area contributed by atoms with Gasteiger partial charge in [0.05, 0.1) is 5.52 Å². The quantitative estimate of drug-likeness (QED) is 0.723. The molecule has 2 rings (SSSR count). The van der Waals surface area contributed by atoms with E-state index in [1.807, 2.05) is 13.0 Å². The van der Waals surface area contributed by atoms with Crippen LogP contribution in [0.1, 0.15) is 11.1 Å². The van der Waals surface area contributed by atoms with Crippen LogP contribution in [0.3, 0.4) is 0 Å². The van der Waals surface area contributed by atoms with Crippen molar-refractivity contribution >= 4 is 29.1 Å². The highest BCUT2D eigenvalue weighted by atomic mass is 35.5. The van der Waals surface area contributed by atoms with E-state index in [1.165, 1.54) is 5.56 Å². The largest absolute Gasteiger partial charge is 0.383 e. The van der Waals surface area contributed by atoms with E-state index in [1.54, 1.807) is 0 Å². The second-order valence-corrected chi connectivity index (χ2v) is 3.39. The Bertz CT molecular complexity index is 466. The van der Waals surface area contributed by atoms with Crippen molar-refractivity contribution in [1.29, 1.82) is 0 Å². The van der Waals surface area contributed by atoms with E-state index in [0.29, 0.717) is 5.82 Å². The molecule has 2 nitrogen and oxygen atoms in total. The number of nitrogen functional groups attached to an aromatic ring is 1. The second kappa shape index (κ2) is 3.84. The Labute approximate surface area is 89.6 Å². The Hall–Kier alpha value is -1.28. The molecule has 0 spiro atoms. The summed E-state index contributed by atoms with van der Waals surface area (Å²) in [5.74, 6) is 0.623. The van der Waals surface area contributed by atoms with Crippen LogP contribution < -0.4 is 5.73 Å². The number of nitrogens with two attached hydrogens (primary N) is 1. The second-order valence-electron chi connectivity index (χ2n) is 3.39. The number of benzene rings is 1. The zero-order valence-electron chi connectivity index (χ0n) is 8.24. The van der Waals surface area contributed by atoms with Gasteiger partial charge in [0.2, 0.25) is 0 Å². The Balaban J connectivity index is 0.000000980. The van der Waals surface area contributed by atoms with Gasteiger partial charge < -0.3 is 5.73 Å². The summed E-state index contributed by atoms with van der Waals surface area (Å²) in [7, 11) is 0. The minimum atomic E-state index is 0. The van der Waals surface area contributed by atoms with Gasteiger partial charge in [-0.1, -0.05) is 12.1 Å². The molecule has 2 N–H and O–H groups in total. The summed E-state index contributed by atoms with van der Waals surface area (Å²) in [6, 6.07) is 8.27. The third-order valence-electron chi connectivity index (χ3n) is 2.20. The van der Waals surface area contributed by atoms with Gasteiger partial charge in [0.1, 0.15) is 5.82 Å². The van der Waals surface area contributed by atoms with Gasteiger partial charge in [-0.25, -0.2) is 4.98 Å². The molecule has 0 bridgehead atoms. The van der Waals surface area contributed by atoms with E-state index in [0.717, 1.165) is 16.5 Å². The minimum Gasteiger partial charge on any atom is -0.383 e. The fourth-order valence-corrected chi connectivity index (χ4v) is 1.40. The number of aromatic nitrogens is 1. The maximum absolute atomic E-state index is 5.72. The van der Waals surface area contributed by atoms with E-state index in [4.69, 9.17) is 5.73 Å². The maximum atomic E-state index is 5.72. The molecular weight excluding hydrogens is 196 g/mol. The molecular formula is C11H13ClN2. The Morgan fingerprint density at radius 2 is 1.86 bits per heavy atom. The van der Waals surface area contributed by atoms with Crippen LogP contribution in [-0.2, 0) is 0 Å². The van der Waals surface area contributed by atoms with Crippen molar-refractivity contribution in [3.8, 4) is 0 Å². The molecule has 0 aliphatic carbocycles. The molecule has 0 fully saturated rings. The molecule has 0 aliphatic heterocycles. The highest BCUT2D eigenvalue weighted by Gasteiger charge is 1.99. The number of hydrogen-bond donors (Lipinski definition) is 1. The number of pyridine rings is 1. The number of halogens is 1. The van der Waals surface area contributed by atoms with Crippen molar-refractivity contribution in [3.05, 3.63) is 35.4 Å². The summed E-state index contributed by atoms with van der Waals surface area (Å²) in [6.45, 7) is 4.03. The molecule has 0 aliphatic rings. The number of aryl methyl sites for hydroxylation is 2. The van der Waals surface area contributed by atoms with E-state index in [-0.39, 0.29) is 12.4 Å². The lowest BCUT2D eigenvalue weighted by Gasteiger charge is -2.03. The van der Waals surface area contributed by atoms with Crippen LogP contribution in [0, 0.1) is 13.8 Å². The zero-order valence-corrected chi connectivity index (χ0v) is 9.06. The molecule has 3 heteroatoms. The molecule has 2 aromatic rings. The van der Waals surface area contributed by atoms with Crippen LogP contribution in [0.15, 0.2) is 24.3 Å². The van der Waals surface area contributed by atoms with Crippen molar-refractivity contribution in [2.24, 2.45) is 0 Å². The van der Waals surface area contributed by atoms with E-state index >= 15 is 0 Å². The predicted molar refractivity (Wildman–Crippen MR) is 62.9 cm³/mol. The Kier molecular flexibility index (Phi) is 2.96. The predicted octanol–water partition coefficient (Wildman–Crippen LogP) is 2.86. The fourth-order valence-electron chi connectivity index (χ4n) is 1.40. The highest BCUT2D eigenvalue weighted by Crippen LogP contribution is 2.18. The summed E-state index contributed by atoms with van der Waals surface area (Å²) in [4.78, 5) is 4.31. The summed E-state index contributed by atoms with van der Waals surface area (Å²) < 4.78 is 0. The lowest BCUT2D eigenvalue weighted by Crippen LogP contribution is -1.94. The van der Waals surface area contributed by atoms with Crippen LogP contribution >= 0.6 is 12.4 Å². The van der Waals surface area contributed by atoms with E-state index < -0.39 is 0 Å². The molecule has 0 radical (unpaired) electrons. The average Bonchev–Trinajstić information content (AvgIpc) is 2.08. The Morgan fingerprint density at radius 1 is 1.14 bits per heavy atom.